The van der Waals surface area contributed by atoms with Crippen LogP contribution in [0.25, 0.3) is 0 Å². The van der Waals surface area contributed by atoms with Crippen molar-refractivity contribution in [2.24, 2.45) is 0 Å². The first-order valence-electron chi connectivity index (χ1n) is 6.49. The first kappa shape index (κ1) is 12.8. The fourth-order valence-corrected chi connectivity index (χ4v) is 2.91. The second kappa shape index (κ2) is 4.70. The van der Waals surface area contributed by atoms with Crippen molar-refractivity contribution in [3.8, 4) is 11.5 Å². The summed E-state index contributed by atoms with van der Waals surface area (Å²) >= 11 is 0. The molecule has 1 N–H and O–H groups in total. The summed E-state index contributed by atoms with van der Waals surface area (Å²) in [6.07, 6.45) is 1.03. The minimum atomic E-state index is -0.313. The number of carbonyl (C=O) groups is 2. The highest BCUT2D eigenvalue weighted by molar-refractivity contribution is 5.97. The smallest absolute Gasteiger partial charge is 0.324 e. The van der Waals surface area contributed by atoms with Crippen LogP contribution < -0.4 is 14.8 Å². The van der Waals surface area contributed by atoms with E-state index in [1.54, 1.807) is 19.1 Å². The zero-order valence-electron chi connectivity index (χ0n) is 11.4. The molecule has 2 aliphatic heterocycles. The largest absolute Gasteiger partial charge is 0.493 e. The van der Waals surface area contributed by atoms with Gasteiger partial charge in [-0.3, -0.25) is 10.1 Å². The van der Waals surface area contributed by atoms with Gasteiger partial charge in [-0.15, -0.1) is 0 Å². The number of hydrogen-bond donors (Lipinski definition) is 1. The number of hydrogen-bond acceptors (Lipinski definition) is 4. The van der Waals surface area contributed by atoms with Crippen molar-refractivity contribution in [2.75, 3.05) is 20.8 Å². The van der Waals surface area contributed by atoms with Crippen LogP contribution in [0.1, 0.15) is 23.6 Å². The van der Waals surface area contributed by atoms with Gasteiger partial charge in [0.05, 0.1) is 26.7 Å². The lowest BCUT2D eigenvalue weighted by molar-refractivity contribution is -0.123. The van der Waals surface area contributed by atoms with Gasteiger partial charge in [0.1, 0.15) is 0 Å². The van der Waals surface area contributed by atoms with E-state index in [1.807, 2.05) is 12.1 Å². The molecule has 0 aliphatic carbocycles. The summed E-state index contributed by atoms with van der Waals surface area (Å²) in [5, 5.41) is 2.35. The Hall–Kier alpha value is -2.24. The molecule has 6 nitrogen and oxygen atoms in total. The number of amides is 3. The predicted molar refractivity (Wildman–Crippen MR) is 70.9 cm³/mol. The van der Waals surface area contributed by atoms with Gasteiger partial charge in [0.15, 0.2) is 11.5 Å². The van der Waals surface area contributed by atoms with E-state index in [4.69, 9.17) is 9.47 Å². The average molecular weight is 276 g/mol. The highest BCUT2D eigenvalue weighted by atomic mass is 16.5. The minimum Gasteiger partial charge on any atom is -0.493 e. The third kappa shape index (κ3) is 1.88. The summed E-state index contributed by atoms with van der Waals surface area (Å²) in [7, 11) is 3.17. The lowest BCUT2D eigenvalue weighted by atomic mass is 9.89. The van der Waals surface area contributed by atoms with Gasteiger partial charge < -0.3 is 14.4 Å². The van der Waals surface area contributed by atoms with E-state index in [-0.39, 0.29) is 24.4 Å². The third-order valence-corrected chi connectivity index (χ3v) is 3.89. The second-order valence-corrected chi connectivity index (χ2v) is 4.92. The highest BCUT2D eigenvalue weighted by Gasteiger charge is 2.37. The maximum Gasteiger partial charge on any atom is 0.324 e. The van der Waals surface area contributed by atoms with Gasteiger partial charge in [0, 0.05) is 6.54 Å². The van der Waals surface area contributed by atoms with Crippen LogP contribution in [0, 0.1) is 0 Å². The monoisotopic (exact) mass is 276 g/mol. The van der Waals surface area contributed by atoms with Crippen molar-refractivity contribution in [3.63, 3.8) is 0 Å². The van der Waals surface area contributed by atoms with E-state index < -0.39 is 0 Å². The molecule has 106 valence electrons. The zero-order chi connectivity index (χ0) is 14.3. The molecule has 0 radical (unpaired) electrons. The van der Waals surface area contributed by atoms with E-state index in [0.717, 1.165) is 17.5 Å². The van der Waals surface area contributed by atoms with E-state index in [2.05, 4.69) is 5.32 Å². The lowest BCUT2D eigenvalue weighted by Crippen LogP contribution is -2.53. The van der Waals surface area contributed by atoms with Gasteiger partial charge in [-0.25, -0.2) is 4.79 Å². The highest BCUT2D eigenvalue weighted by Crippen LogP contribution is 2.40. The molecular formula is C14H16N2O4. The summed E-state index contributed by atoms with van der Waals surface area (Å²) in [5.74, 6) is 1.05. The van der Waals surface area contributed by atoms with E-state index in [9.17, 15) is 9.59 Å². The van der Waals surface area contributed by atoms with Crippen LogP contribution in [0.5, 0.6) is 11.5 Å². The molecule has 1 fully saturated rings. The Balaban J connectivity index is 2.07. The number of urea groups is 1. The maximum absolute atomic E-state index is 11.9. The van der Waals surface area contributed by atoms with Crippen LogP contribution in [0.4, 0.5) is 4.79 Å². The van der Waals surface area contributed by atoms with Crippen molar-refractivity contribution in [1.29, 1.82) is 0 Å². The van der Waals surface area contributed by atoms with Crippen LogP contribution in [0.3, 0.4) is 0 Å². The Morgan fingerprint density at radius 2 is 1.90 bits per heavy atom. The minimum absolute atomic E-state index is 0.209. The maximum atomic E-state index is 11.9. The molecule has 0 bridgehead atoms. The molecule has 6 heteroatoms. The Labute approximate surface area is 116 Å². The van der Waals surface area contributed by atoms with Crippen molar-refractivity contribution in [3.05, 3.63) is 23.3 Å². The number of benzene rings is 1. The van der Waals surface area contributed by atoms with Crippen LogP contribution in [0.15, 0.2) is 12.1 Å². The number of nitrogens with zero attached hydrogens (tertiary/aromatic N) is 1. The Morgan fingerprint density at radius 3 is 2.60 bits per heavy atom. The number of carbonyl (C=O) groups excluding carboxylic acids is 2. The van der Waals surface area contributed by atoms with E-state index >= 15 is 0 Å². The van der Waals surface area contributed by atoms with Crippen LogP contribution in [0.2, 0.25) is 0 Å². The second-order valence-electron chi connectivity index (χ2n) is 4.92. The Bertz CT molecular complexity index is 585. The van der Waals surface area contributed by atoms with E-state index in [1.165, 1.54) is 0 Å². The molecule has 0 aromatic heterocycles. The van der Waals surface area contributed by atoms with Gasteiger partial charge in [-0.2, -0.15) is 0 Å². The fourth-order valence-electron chi connectivity index (χ4n) is 2.91. The summed E-state index contributed by atoms with van der Waals surface area (Å²) < 4.78 is 10.6. The summed E-state index contributed by atoms with van der Waals surface area (Å²) in [4.78, 5) is 25.2. The summed E-state index contributed by atoms with van der Waals surface area (Å²) in [6, 6.07) is 3.28. The first-order valence-corrected chi connectivity index (χ1v) is 6.49. The van der Waals surface area contributed by atoms with Gasteiger partial charge >= 0.3 is 6.03 Å². The quantitative estimate of drug-likeness (QED) is 0.882. The first-order chi connectivity index (χ1) is 9.63. The number of fused-ring (bicyclic) bond motifs is 3. The van der Waals surface area contributed by atoms with Crippen molar-refractivity contribution in [2.45, 2.75) is 18.9 Å². The topological polar surface area (TPSA) is 67.9 Å². The predicted octanol–water partition coefficient (Wildman–Crippen LogP) is 1.24. The molecule has 20 heavy (non-hydrogen) atoms. The normalized spacial score (nSPS) is 20.9. The fraction of sp³-hybridized carbons (Fsp3) is 0.429. The number of ether oxygens (including phenoxy) is 2. The van der Waals surface area contributed by atoms with Gasteiger partial charge in [0.25, 0.3) is 0 Å². The molecule has 1 aromatic rings. The number of rotatable bonds is 2. The summed E-state index contributed by atoms with van der Waals surface area (Å²) in [6.45, 7) is 0.603. The van der Waals surface area contributed by atoms with Crippen molar-refractivity contribution in [1.82, 2.24) is 10.2 Å². The van der Waals surface area contributed by atoms with Gasteiger partial charge in [-0.05, 0) is 29.7 Å². The molecule has 3 rings (SSSR count). The average Bonchev–Trinajstić information content (AvgIpc) is 2.45. The van der Waals surface area contributed by atoms with Crippen molar-refractivity contribution >= 4 is 11.9 Å². The molecule has 1 atom stereocenters. The molecule has 0 saturated carbocycles. The molecule has 0 spiro atoms. The molecule has 1 unspecified atom stereocenters. The standard InChI is InChI=1S/C14H16N2O4/c1-19-11-5-8-3-4-16-10(7-13(17)15-14(16)18)9(8)6-12(11)20-2/h5-6,10H,3-4,7H2,1-2H3,(H,15,17,18). The third-order valence-electron chi connectivity index (χ3n) is 3.89. The Kier molecular flexibility index (Phi) is 3.00. The van der Waals surface area contributed by atoms with Crippen LogP contribution in [-0.4, -0.2) is 37.6 Å². The van der Waals surface area contributed by atoms with E-state index in [0.29, 0.717) is 18.0 Å². The SMILES string of the molecule is COc1cc2c(cc1OC)C1CC(=O)NC(=O)N1CC2. The lowest BCUT2D eigenvalue weighted by Gasteiger charge is -2.40. The molecular weight excluding hydrogens is 260 g/mol. The van der Waals surface area contributed by atoms with Crippen LogP contribution in [-0.2, 0) is 11.2 Å². The molecule has 2 aliphatic rings. The molecule has 1 aromatic carbocycles. The van der Waals surface area contributed by atoms with Gasteiger partial charge in [-0.1, -0.05) is 0 Å². The Morgan fingerprint density at radius 1 is 1.20 bits per heavy atom. The molecule has 2 heterocycles. The van der Waals surface area contributed by atoms with Crippen molar-refractivity contribution < 1.29 is 19.1 Å². The number of methoxy groups -OCH3 is 2. The molecule has 3 amide bonds. The van der Waals surface area contributed by atoms with Gasteiger partial charge in [0.2, 0.25) is 5.91 Å². The number of imide groups is 1. The summed E-state index contributed by atoms with van der Waals surface area (Å²) in [5.41, 5.74) is 2.07. The number of nitrogens with one attached hydrogen (secondary N) is 1. The molecule has 1 saturated heterocycles. The van der Waals surface area contributed by atoms with Crippen LogP contribution >= 0.6 is 0 Å². The zero-order valence-corrected chi connectivity index (χ0v) is 11.4.